The highest BCUT2D eigenvalue weighted by Gasteiger charge is 2.31. The van der Waals surface area contributed by atoms with Crippen LogP contribution in [0.4, 0.5) is 0 Å². The highest BCUT2D eigenvalue weighted by Crippen LogP contribution is 2.40. The average molecular weight is 225 g/mol. The second-order valence-corrected chi connectivity index (χ2v) is 6.20. The highest BCUT2D eigenvalue weighted by molar-refractivity contribution is 4.84. The average Bonchev–Trinajstić information content (AvgIpc) is 2.30. The third-order valence-corrected chi connectivity index (χ3v) is 4.71. The minimum atomic E-state index is 0.564. The molecule has 0 aromatic rings. The van der Waals surface area contributed by atoms with Crippen molar-refractivity contribution in [3.63, 3.8) is 0 Å². The zero-order valence-corrected chi connectivity index (χ0v) is 11.8. The summed E-state index contributed by atoms with van der Waals surface area (Å²) in [6.07, 6.45) is 9.64. The number of hydrogen-bond acceptors (Lipinski definition) is 1. The molecule has 1 saturated carbocycles. The summed E-state index contributed by atoms with van der Waals surface area (Å²) in [5, 5.41) is 3.71. The lowest BCUT2D eigenvalue weighted by Gasteiger charge is -2.39. The van der Waals surface area contributed by atoms with Crippen LogP contribution in [-0.4, -0.2) is 12.6 Å². The van der Waals surface area contributed by atoms with Gasteiger partial charge in [0.1, 0.15) is 0 Å². The Hall–Kier alpha value is -0.0400. The van der Waals surface area contributed by atoms with Crippen molar-refractivity contribution >= 4 is 0 Å². The molecule has 96 valence electrons. The van der Waals surface area contributed by atoms with Crippen molar-refractivity contribution in [3.05, 3.63) is 0 Å². The van der Waals surface area contributed by atoms with Gasteiger partial charge in [0, 0.05) is 6.04 Å². The van der Waals surface area contributed by atoms with Crippen molar-refractivity contribution < 1.29 is 0 Å². The number of rotatable bonds is 6. The zero-order chi connectivity index (χ0) is 12.0. The largest absolute Gasteiger partial charge is 0.314 e. The maximum Gasteiger partial charge on any atom is 0.00672 e. The molecule has 0 unspecified atom stereocenters. The van der Waals surface area contributed by atoms with Crippen LogP contribution in [0.3, 0.4) is 0 Å². The summed E-state index contributed by atoms with van der Waals surface area (Å²) in [7, 11) is 0. The molecule has 0 aliphatic heterocycles. The molecule has 0 amide bonds. The summed E-state index contributed by atoms with van der Waals surface area (Å²) in [4.78, 5) is 0. The van der Waals surface area contributed by atoms with Gasteiger partial charge in [-0.15, -0.1) is 0 Å². The van der Waals surface area contributed by atoms with E-state index in [0.29, 0.717) is 5.41 Å². The van der Waals surface area contributed by atoms with Gasteiger partial charge in [0.2, 0.25) is 0 Å². The Morgan fingerprint density at radius 2 is 1.69 bits per heavy atom. The minimum Gasteiger partial charge on any atom is -0.314 e. The molecule has 0 aromatic carbocycles. The smallest absolute Gasteiger partial charge is 0.00672 e. The first-order valence-electron chi connectivity index (χ1n) is 7.33. The summed E-state index contributed by atoms with van der Waals surface area (Å²) in [5.41, 5.74) is 0.564. The monoisotopic (exact) mass is 225 g/mol. The standard InChI is InChI=1S/C15H31N/c1-5-7-12-16-14-10-8-13(9-11-14)15(3,4)6-2/h13-14,16H,5-12H2,1-4H3. The molecular weight excluding hydrogens is 194 g/mol. The van der Waals surface area contributed by atoms with Crippen LogP contribution in [-0.2, 0) is 0 Å². The lowest BCUT2D eigenvalue weighted by molar-refractivity contribution is 0.137. The molecule has 0 saturated heterocycles. The topological polar surface area (TPSA) is 12.0 Å². The van der Waals surface area contributed by atoms with Gasteiger partial charge >= 0.3 is 0 Å². The van der Waals surface area contributed by atoms with E-state index in [4.69, 9.17) is 0 Å². The molecule has 1 aliphatic rings. The van der Waals surface area contributed by atoms with Crippen molar-refractivity contribution in [2.45, 2.75) is 78.7 Å². The predicted octanol–water partition coefficient (Wildman–Crippen LogP) is 4.37. The van der Waals surface area contributed by atoms with Crippen LogP contribution in [0.2, 0.25) is 0 Å². The van der Waals surface area contributed by atoms with Gasteiger partial charge in [-0.25, -0.2) is 0 Å². The van der Waals surface area contributed by atoms with Gasteiger partial charge in [-0.05, 0) is 50.0 Å². The molecular formula is C15H31N. The van der Waals surface area contributed by atoms with Crippen molar-refractivity contribution in [1.29, 1.82) is 0 Å². The molecule has 16 heavy (non-hydrogen) atoms. The van der Waals surface area contributed by atoms with Gasteiger partial charge in [0.05, 0.1) is 0 Å². The van der Waals surface area contributed by atoms with E-state index in [1.807, 2.05) is 0 Å². The van der Waals surface area contributed by atoms with Crippen molar-refractivity contribution in [2.24, 2.45) is 11.3 Å². The van der Waals surface area contributed by atoms with E-state index in [-0.39, 0.29) is 0 Å². The van der Waals surface area contributed by atoms with Gasteiger partial charge in [-0.1, -0.05) is 40.5 Å². The van der Waals surface area contributed by atoms with E-state index in [0.717, 1.165) is 12.0 Å². The first-order chi connectivity index (χ1) is 7.60. The van der Waals surface area contributed by atoms with Crippen LogP contribution in [0.1, 0.15) is 72.6 Å². The second kappa shape index (κ2) is 6.64. The molecule has 0 radical (unpaired) electrons. The van der Waals surface area contributed by atoms with E-state index in [9.17, 15) is 0 Å². The molecule has 0 atom stereocenters. The highest BCUT2D eigenvalue weighted by atomic mass is 14.9. The minimum absolute atomic E-state index is 0.564. The summed E-state index contributed by atoms with van der Waals surface area (Å²) in [5.74, 6) is 0.960. The Kier molecular flexibility index (Phi) is 5.82. The Morgan fingerprint density at radius 3 is 2.19 bits per heavy atom. The molecule has 1 heteroatoms. The Morgan fingerprint density at radius 1 is 1.06 bits per heavy atom. The quantitative estimate of drug-likeness (QED) is 0.662. The summed E-state index contributed by atoms with van der Waals surface area (Å²) in [6.45, 7) is 10.7. The first kappa shape index (κ1) is 14.0. The Bertz CT molecular complexity index is 178. The number of unbranched alkanes of at least 4 members (excludes halogenated alkanes) is 1. The lowest BCUT2D eigenvalue weighted by atomic mass is 9.69. The molecule has 1 N–H and O–H groups in total. The van der Waals surface area contributed by atoms with Gasteiger partial charge in [0.15, 0.2) is 0 Å². The van der Waals surface area contributed by atoms with Crippen LogP contribution < -0.4 is 5.32 Å². The molecule has 1 aliphatic carbocycles. The van der Waals surface area contributed by atoms with Crippen LogP contribution >= 0.6 is 0 Å². The van der Waals surface area contributed by atoms with E-state index in [1.165, 1.54) is 51.5 Å². The number of hydrogen-bond donors (Lipinski definition) is 1. The van der Waals surface area contributed by atoms with Crippen LogP contribution in [0.15, 0.2) is 0 Å². The van der Waals surface area contributed by atoms with Gasteiger partial charge in [-0.3, -0.25) is 0 Å². The number of nitrogens with one attached hydrogen (secondary N) is 1. The van der Waals surface area contributed by atoms with Crippen molar-refractivity contribution in [3.8, 4) is 0 Å². The molecule has 1 fully saturated rings. The maximum atomic E-state index is 3.71. The zero-order valence-electron chi connectivity index (χ0n) is 11.8. The fourth-order valence-electron chi connectivity index (χ4n) is 2.85. The third-order valence-electron chi connectivity index (χ3n) is 4.71. The Labute approximate surface area is 102 Å². The van der Waals surface area contributed by atoms with Gasteiger partial charge in [0.25, 0.3) is 0 Å². The van der Waals surface area contributed by atoms with Crippen LogP contribution in [0.5, 0.6) is 0 Å². The summed E-state index contributed by atoms with van der Waals surface area (Å²) in [6, 6.07) is 0.815. The third kappa shape index (κ3) is 4.08. The molecule has 1 nitrogen and oxygen atoms in total. The molecule has 0 bridgehead atoms. The van der Waals surface area contributed by atoms with Crippen molar-refractivity contribution in [1.82, 2.24) is 5.32 Å². The maximum absolute atomic E-state index is 3.71. The second-order valence-electron chi connectivity index (χ2n) is 6.20. The molecule has 0 heterocycles. The van der Waals surface area contributed by atoms with E-state index < -0.39 is 0 Å². The summed E-state index contributed by atoms with van der Waals surface area (Å²) >= 11 is 0. The van der Waals surface area contributed by atoms with Crippen LogP contribution in [0.25, 0.3) is 0 Å². The summed E-state index contributed by atoms with van der Waals surface area (Å²) < 4.78 is 0. The van der Waals surface area contributed by atoms with Crippen LogP contribution in [0, 0.1) is 11.3 Å². The lowest BCUT2D eigenvalue weighted by Crippen LogP contribution is -2.37. The molecule has 1 rings (SSSR count). The molecule has 0 spiro atoms. The first-order valence-corrected chi connectivity index (χ1v) is 7.33. The molecule has 0 aromatic heterocycles. The normalized spacial score (nSPS) is 27.0. The van der Waals surface area contributed by atoms with E-state index >= 15 is 0 Å². The van der Waals surface area contributed by atoms with Gasteiger partial charge < -0.3 is 5.32 Å². The SMILES string of the molecule is CCCCNC1CCC(C(C)(C)CC)CC1. The fourth-order valence-corrected chi connectivity index (χ4v) is 2.85. The van der Waals surface area contributed by atoms with E-state index in [1.54, 1.807) is 0 Å². The fraction of sp³-hybridized carbons (Fsp3) is 1.00. The Balaban J connectivity index is 2.23. The van der Waals surface area contributed by atoms with E-state index in [2.05, 4.69) is 33.0 Å². The van der Waals surface area contributed by atoms with Crippen molar-refractivity contribution in [2.75, 3.05) is 6.54 Å². The van der Waals surface area contributed by atoms with Gasteiger partial charge in [-0.2, -0.15) is 0 Å². The predicted molar refractivity (Wildman–Crippen MR) is 72.7 cm³/mol.